The fourth-order valence-corrected chi connectivity index (χ4v) is 3.15. The molecule has 0 N–H and O–H groups in total. The highest BCUT2D eigenvalue weighted by molar-refractivity contribution is 9.10. The Morgan fingerprint density at radius 3 is 2.59 bits per heavy atom. The number of aromatic nitrogens is 2. The molecule has 1 aliphatic rings. The van der Waals surface area contributed by atoms with Crippen LogP contribution >= 0.6 is 15.9 Å². The van der Waals surface area contributed by atoms with Crippen LogP contribution in [0.2, 0.25) is 0 Å². The highest BCUT2D eigenvalue weighted by Crippen LogP contribution is 2.28. The fraction of sp³-hybridized carbons (Fsp3) is 0.333. The molecule has 1 aromatic carbocycles. The molecule has 0 radical (unpaired) electrons. The number of hydrogen-bond donors (Lipinski definition) is 0. The molecule has 1 atom stereocenters. The minimum absolute atomic E-state index is 0.203. The van der Waals surface area contributed by atoms with E-state index < -0.39 is 12.2 Å². The zero-order valence-corrected chi connectivity index (χ0v) is 17.0. The molecule has 1 aliphatic heterocycles. The van der Waals surface area contributed by atoms with Gasteiger partial charge >= 0.3 is 5.97 Å². The molecule has 1 aromatic heterocycles. The van der Waals surface area contributed by atoms with Crippen LogP contribution in [0.1, 0.15) is 30.8 Å². The molecule has 0 spiro atoms. The van der Waals surface area contributed by atoms with E-state index in [0.717, 1.165) is 15.9 Å². The molecular formula is C18H19BrN4O4. The van der Waals surface area contributed by atoms with Crippen molar-refractivity contribution in [3.05, 3.63) is 45.7 Å². The highest BCUT2D eigenvalue weighted by Gasteiger charge is 2.34. The van der Waals surface area contributed by atoms with Crippen molar-refractivity contribution in [2.45, 2.75) is 40.5 Å². The van der Waals surface area contributed by atoms with E-state index in [4.69, 9.17) is 9.47 Å². The van der Waals surface area contributed by atoms with Crippen molar-refractivity contribution in [3.8, 4) is 5.75 Å². The van der Waals surface area contributed by atoms with E-state index in [2.05, 4.69) is 26.1 Å². The molecule has 0 fully saturated rings. The number of carbonyl (C=O) groups is 2. The van der Waals surface area contributed by atoms with Crippen molar-refractivity contribution < 1.29 is 19.1 Å². The SMILES string of the molecule is CC(=O)Oc1ccc(Br)cc1C1=NN(C(C)=O)C(Cn2nc(C)cc2C)O1. The fourth-order valence-electron chi connectivity index (χ4n) is 2.79. The zero-order valence-electron chi connectivity index (χ0n) is 15.4. The summed E-state index contributed by atoms with van der Waals surface area (Å²) in [6.45, 7) is 6.89. The molecule has 0 aliphatic carbocycles. The van der Waals surface area contributed by atoms with E-state index in [1.165, 1.54) is 18.9 Å². The van der Waals surface area contributed by atoms with E-state index in [1.807, 2.05) is 19.9 Å². The lowest BCUT2D eigenvalue weighted by Gasteiger charge is -2.19. The van der Waals surface area contributed by atoms with Crippen molar-refractivity contribution in [2.24, 2.45) is 5.10 Å². The van der Waals surface area contributed by atoms with Gasteiger partial charge in [-0.1, -0.05) is 15.9 Å². The first-order valence-electron chi connectivity index (χ1n) is 8.29. The second-order valence-corrected chi connectivity index (χ2v) is 7.10. The number of halogens is 1. The van der Waals surface area contributed by atoms with Crippen LogP contribution in [0.15, 0.2) is 33.8 Å². The summed E-state index contributed by atoms with van der Waals surface area (Å²) in [5.41, 5.74) is 2.31. The summed E-state index contributed by atoms with van der Waals surface area (Å²) in [5, 5.41) is 9.98. The molecule has 1 amide bonds. The average molecular weight is 435 g/mol. The molecule has 2 aromatic rings. The minimum atomic E-state index is -0.653. The number of hydrazone groups is 1. The molecule has 142 valence electrons. The maximum Gasteiger partial charge on any atom is 0.308 e. The molecule has 9 heteroatoms. The maximum absolute atomic E-state index is 12.1. The third-order valence-corrected chi connectivity index (χ3v) is 4.39. The number of esters is 1. The maximum atomic E-state index is 12.1. The van der Waals surface area contributed by atoms with Crippen molar-refractivity contribution in [1.82, 2.24) is 14.8 Å². The summed E-state index contributed by atoms with van der Waals surface area (Å²) in [4.78, 5) is 23.5. The number of aryl methyl sites for hydroxylation is 2. The van der Waals surface area contributed by atoms with Crippen molar-refractivity contribution in [3.63, 3.8) is 0 Å². The van der Waals surface area contributed by atoms with Gasteiger partial charge in [0.1, 0.15) is 5.75 Å². The Kier molecular flexibility index (Phi) is 5.31. The monoisotopic (exact) mass is 434 g/mol. The molecule has 3 rings (SSSR count). The first-order valence-corrected chi connectivity index (χ1v) is 9.08. The molecule has 0 saturated carbocycles. The lowest BCUT2D eigenvalue weighted by molar-refractivity contribution is -0.135. The normalized spacial score (nSPS) is 16.1. The Balaban J connectivity index is 1.92. The molecular weight excluding hydrogens is 416 g/mol. The zero-order chi connectivity index (χ0) is 19.7. The molecule has 1 unspecified atom stereocenters. The number of carbonyl (C=O) groups excluding carboxylic acids is 2. The second-order valence-electron chi connectivity index (χ2n) is 6.18. The lowest BCUT2D eigenvalue weighted by Crippen LogP contribution is -2.36. The first kappa shape index (κ1) is 19.1. The highest BCUT2D eigenvalue weighted by atomic mass is 79.9. The van der Waals surface area contributed by atoms with Crippen LogP contribution in [-0.2, 0) is 20.9 Å². The number of hydrogen-bond acceptors (Lipinski definition) is 6. The second kappa shape index (κ2) is 7.51. The number of amides is 1. The van der Waals surface area contributed by atoms with Crippen LogP contribution in [0, 0.1) is 13.8 Å². The molecule has 8 nitrogen and oxygen atoms in total. The van der Waals surface area contributed by atoms with Crippen molar-refractivity contribution in [2.75, 3.05) is 0 Å². The predicted molar refractivity (Wildman–Crippen MR) is 101 cm³/mol. The van der Waals surface area contributed by atoms with Crippen molar-refractivity contribution in [1.29, 1.82) is 0 Å². The van der Waals surface area contributed by atoms with Gasteiger partial charge in [0.15, 0.2) is 0 Å². The lowest BCUT2D eigenvalue weighted by atomic mass is 10.2. The Morgan fingerprint density at radius 1 is 1.26 bits per heavy atom. The Labute approximate surface area is 164 Å². The van der Waals surface area contributed by atoms with Gasteiger partial charge in [0.2, 0.25) is 18.0 Å². The molecule has 0 bridgehead atoms. The van der Waals surface area contributed by atoms with Gasteiger partial charge in [-0.05, 0) is 38.1 Å². The minimum Gasteiger partial charge on any atom is -0.448 e. The Bertz CT molecular complexity index is 937. The van der Waals surface area contributed by atoms with Gasteiger partial charge in [0.05, 0.1) is 17.8 Å². The largest absolute Gasteiger partial charge is 0.448 e. The summed E-state index contributed by atoms with van der Waals surface area (Å²) in [6, 6.07) is 7.05. The van der Waals surface area contributed by atoms with Gasteiger partial charge < -0.3 is 9.47 Å². The van der Waals surface area contributed by atoms with E-state index in [1.54, 1.807) is 22.9 Å². The summed E-state index contributed by atoms with van der Waals surface area (Å²) < 4.78 is 13.7. The predicted octanol–water partition coefficient (Wildman–Crippen LogP) is 2.75. The third-order valence-electron chi connectivity index (χ3n) is 3.90. The quantitative estimate of drug-likeness (QED) is 0.545. The van der Waals surface area contributed by atoms with Gasteiger partial charge in [-0.3, -0.25) is 14.3 Å². The summed E-state index contributed by atoms with van der Waals surface area (Å²) >= 11 is 3.39. The summed E-state index contributed by atoms with van der Waals surface area (Å²) in [5.74, 6) is -0.214. The van der Waals surface area contributed by atoms with Gasteiger partial charge in [-0.15, -0.1) is 5.10 Å². The van der Waals surface area contributed by atoms with Crippen LogP contribution in [-0.4, -0.2) is 38.8 Å². The number of benzene rings is 1. The van der Waals surface area contributed by atoms with E-state index in [9.17, 15) is 9.59 Å². The third kappa shape index (κ3) is 4.19. The van der Waals surface area contributed by atoms with Crippen molar-refractivity contribution >= 4 is 33.7 Å². The summed E-state index contributed by atoms with van der Waals surface area (Å²) in [6.07, 6.45) is -0.653. The molecule has 27 heavy (non-hydrogen) atoms. The van der Waals surface area contributed by atoms with Gasteiger partial charge in [0, 0.05) is 24.0 Å². The number of ether oxygens (including phenoxy) is 2. The van der Waals surface area contributed by atoms with Crippen LogP contribution in [0.4, 0.5) is 0 Å². The van der Waals surface area contributed by atoms with E-state index in [0.29, 0.717) is 17.9 Å². The molecule has 2 heterocycles. The van der Waals surface area contributed by atoms with E-state index in [-0.39, 0.29) is 11.8 Å². The van der Waals surface area contributed by atoms with Gasteiger partial charge in [-0.2, -0.15) is 10.1 Å². The topological polar surface area (TPSA) is 86.0 Å². The Hall–Kier alpha value is -2.68. The van der Waals surface area contributed by atoms with Crippen LogP contribution in [0.25, 0.3) is 0 Å². The van der Waals surface area contributed by atoms with Gasteiger partial charge in [0.25, 0.3) is 0 Å². The van der Waals surface area contributed by atoms with Crippen LogP contribution < -0.4 is 4.74 Å². The standard InChI is InChI=1S/C18H19BrN4O4/c1-10-7-11(2)22(20-10)9-17-23(12(3)24)21-18(27-17)15-8-14(19)5-6-16(15)26-13(4)25/h5-8,17H,9H2,1-4H3. The van der Waals surface area contributed by atoms with Crippen LogP contribution in [0.5, 0.6) is 5.75 Å². The number of rotatable bonds is 4. The Morgan fingerprint density at radius 2 is 2.00 bits per heavy atom. The summed E-state index contributed by atoms with van der Waals surface area (Å²) in [7, 11) is 0. The average Bonchev–Trinajstić information content (AvgIpc) is 3.12. The smallest absolute Gasteiger partial charge is 0.308 e. The van der Waals surface area contributed by atoms with Gasteiger partial charge in [-0.25, -0.2) is 0 Å². The van der Waals surface area contributed by atoms with Crippen LogP contribution in [0.3, 0.4) is 0 Å². The van der Waals surface area contributed by atoms with E-state index >= 15 is 0 Å². The number of nitrogens with zero attached hydrogens (tertiary/aromatic N) is 4. The molecule has 0 saturated heterocycles. The first-order chi connectivity index (χ1) is 12.7.